The van der Waals surface area contributed by atoms with Crippen LogP contribution in [0.4, 0.5) is 4.79 Å². The molecule has 9 heteroatoms. The third kappa shape index (κ3) is 5.45. The minimum atomic E-state index is -1.41. The predicted molar refractivity (Wildman–Crippen MR) is 153 cm³/mol. The van der Waals surface area contributed by atoms with Gasteiger partial charge >= 0.3 is 12.1 Å². The number of amides is 2. The summed E-state index contributed by atoms with van der Waals surface area (Å²) in [5.41, 5.74) is -0.776. The Hall–Kier alpha value is -3.42. The number of hydrogen-bond donors (Lipinski definition) is 0. The van der Waals surface area contributed by atoms with Gasteiger partial charge < -0.3 is 9.47 Å². The fourth-order valence-corrected chi connectivity index (χ4v) is 4.69. The highest BCUT2D eigenvalue weighted by Crippen LogP contribution is 2.50. The predicted octanol–water partition coefficient (Wildman–Crippen LogP) is 7.26. The lowest BCUT2D eigenvalue weighted by molar-refractivity contribution is -0.160. The summed E-state index contributed by atoms with van der Waals surface area (Å²) in [5.74, 6) is -3.59. The molecule has 7 nitrogen and oxygen atoms in total. The monoisotopic (exact) mass is 583 g/mol. The third-order valence-corrected chi connectivity index (χ3v) is 7.83. The molecule has 0 bridgehead atoms. The number of esters is 1. The summed E-state index contributed by atoms with van der Waals surface area (Å²) in [5, 5.41) is 0.866. The first kappa shape index (κ1) is 29.6. The average Bonchev–Trinajstić information content (AvgIpc) is 3.36. The lowest BCUT2D eigenvalue weighted by atomic mass is 9.92. The van der Waals surface area contributed by atoms with Crippen LogP contribution < -0.4 is 0 Å². The standard InChI is InChI=1S/C31H31Cl2NO6/c1-7-30(3,4)39-28(37)24-21(17-9-13-19(32)14-10-17)22-23(26(24)35)25(18-11-15-20(33)16-12-18)34(27(22)36)29(38)40-31(5,6)8-2/h9-16,24H,7-8H2,1-6H3. The average molecular weight is 584 g/mol. The molecule has 4 rings (SSSR count). The van der Waals surface area contributed by atoms with Crippen molar-refractivity contribution in [2.45, 2.75) is 65.6 Å². The Morgan fingerprint density at radius 1 is 0.775 bits per heavy atom. The lowest BCUT2D eigenvalue weighted by Crippen LogP contribution is -2.39. The molecule has 1 heterocycles. The maximum Gasteiger partial charge on any atom is 0.422 e. The number of carbonyl (C=O) groups excluding carboxylic acids is 4. The largest absolute Gasteiger partial charge is 0.459 e. The molecule has 2 aromatic carbocycles. The Kier molecular flexibility index (Phi) is 8.03. The first-order chi connectivity index (χ1) is 18.7. The highest BCUT2D eigenvalue weighted by atomic mass is 35.5. The van der Waals surface area contributed by atoms with Gasteiger partial charge in [0.05, 0.1) is 16.8 Å². The van der Waals surface area contributed by atoms with Crippen molar-refractivity contribution >= 4 is 58.2 Å². The normalized spacial score (nSPS) is 17.5. The molecule has 0 saturated heterocycles. The van der Waals surface area contributed by atoms with E-state index in [2.05, 4.69) is 0 Å². The van der Waals surface area contributed by atoms with E-state index in [-0.39, 0.29) is 22.4 Å². The Morgan fingerprint density at radius 2 is 1.25 bits per heavy atom. The molecule has 0 N–H and O–H groups in total. The number of imide groups is 1. The van der Waals surface area contributed by atoms with Gasteiger partial charge in [0.25, 0.3) is 5.91 Å². The Bertz CT molecular complexity index is 1340. The number of hydrogen-bond acceptors (Lipinski definition) is 6. The second kappa shape index (κ2) is 10.9. The van der Waals surface area contributed by atoms with E-state index in [0.717, 1.165) is 4.90 Å². The summed E-state index contributed by atoms with van der Waals surface area (Å²) >= 11 is 12.2. The molecule has 0 saturated carbocycles. The SMILES string of the molecule is CCC(C)(C)OC(=O)C1C(=O)C2=C(c3ccc(Cl)cc3)N(C(=O)OC(C)(C)CC)C(=O)C2=C1c1ccc(Cl)cc1. The van der Waals surface area contributed by atoms with E-state index in [4.69, 9.17) is 32.7 Å². The summed E-state index contributed by atoms with van der Waals surface area (Å²) in [6.45, 7) is 10.7. The van der Waals surface area contributed by atoms with Gasteiger partial charge in [-0.15, -0.1) is 0 Å². The number of ether oxygens (including phenoxy) is 2. The zero-order chi connectivity index (χ0) is 29.6. The van der Waals surface area contributed by atoms with Gasteiger partial charge in [0.2, 0.25) is 0 Å². The molecule has 1 aliphatic carbocycles. The van der Waals surface area contributed by atoms with Crippen LogP contribution in [-0.4, -0.2) is 39.9 Å². The van der Waals surface area contributed by atoms with Crippen molar-refractivity contribution in [1.29, 1.82) is 0 Å². The molecular weight excluding hydrogens is 553 g/mol. The number of benzene rings is 2. The van der Waals surface area contributed by atoms with Gasteiger partial charge in [-0.25, -0.2) is 9.69 Å². The highest BCUT2D eigenvalue weighted by molar-refractivity contribution is 6.38. The van der Waals surface area contributed by atoms with Crippen LogP contribution in [0, 0.1) is 5.92 Å². The number of Topliss-reactive ketones (excluding diaryl/α,β-unsaturated/α-hetero) is 1. The number of fused-ring (bicyclic) bond motifs is 1. The number of carbonyl (C=O) groups is 4. The molecule has 1 unspecified atom stereocenters. The van der Waals surface area contributed by atoms with Crippen LogP contribution in [0.1, 0.15) is 65.5 Å². The molecule has 0 radical (unpaired) electrons. The quantitative estimate of drug-likeness (QED) is 0.252. The van der Waals surface area contributed by atoms with E-state index >= 15 is 0 Å². The van der Waals surface area contributed by atoms with Gasteiger partial charge in [0.1, 0.15) is 17.1 Å². The summed E-state index contributed by atoms with van der Waals surface area (Å²) in [7, 11) is 0. The minimum Gasteiger partial charge on any atom is -0.459 e. The smallest absolute Gasteiger partial charge is 0.422 e. The second-order valence-corrected chi connectivity index (χ2v) is 11.9. The Labute approximate surface area is 243 Å². The van der Waals surface area contributed by atoms with Crippen LogP contribution in [0.25, 0.3) is 11.3 Å². The fourth-order valence-electron chi connectivity index (χ4n) is 4.44. The number of halogens is 2. The van der Waals surface area contributed by atoms with Crippen molar-refractivity contribution in [2.75, 3.05) is 0 Å². The summed E-state index contributed by atoms with van der Waals surface area (Å²) in [6.07, 6.45) is 0.0781. The topological polar surface area (TPSA) is 90.0 Å². The molecule has 1 aliphatic heterocycles. The minimum absolute atomic E-state index is 0.0371. The van der Waals surface area contributed by atoms with Crippen molar-refractivity contribution in [1.82, 2.24) is 4.90 Å². The van der Waals surface area contributed by atoms with Crippen LogP contribution >= 0.6 is 23.2 Å². The Morgan fingerprint density at radius 3 is 1.75 bits per heavy atom. The summed E-state index contributed by atoms with van der Waals surface area (Å²) in [6, 6.07) is 12.8. The van der Waals surface area contributed by atoms with Crippen molar-refractivity contribution < 1.29 is 28.7 Å². The van der Waals surface area contributed by atoms with Crippen LogP contribution in [0.5, 0.6) is 0 Å². The van der Waals surface area contributed by atoms with E-state index in [0.29, 0.717) is 34.0 Å². The molecule has 210 valence electrons. The molecule has 2 aromatic rings. The first-order valence-electron chi connectivity index (χ1n) is 13.1. The zero-order valence-electron chi connectivity index (χ0n) is 23.3. The van der Waals surface area contributed by atoms with Gasteiger partial charge in [-0.2, -0.15) is 0 Å². The van der Waals surface area contributed by atoms with Crippen molar-refractivity contribution in [3.05, 3.63) is 80.8 Å². The van der Waals surface area contributed by atoms with E-state index < -0.39 is 40.9 Å². The Balaban J connectivity index is 1.99. The van der Waals surface area contributed by atoms with Crippen LogP contribution in [-0.2, 0) is 23.9 Å². The van der Waals surface area contributed by atoms with Crippen molar-refractivity contribution in [3.8, 4) is 0 Å². The van der Waals surface area contributed by atoms with Crippen LogP contribution in [0.15, 0.2) is 59.7 Å². The molecule has 1 atom stereocenters. The van der Waals surface area contributed by atoms with Gasteiger partial charge in [0, 0.05) is 10.0 Å². The second-order valence-electron chi connectivity index (χ2n) is 11.0. The molecule has 0 fully saturated rings. The molecule has 0 spiro atoms. The maximum absolute atomic E-state index is 14.2. The van der Waals surface area contributed by atoms with Gasteiger partial charge in [0.15, 0.2) is 5.78 Å². The fraction of sp³-hybridized carbons (Fsp3) is 0.355. The van der Waals surface area contributed by atoms with Crippen molar-refractivity contribution in [2.24, 2.45) is 5.92 Å². The van der Waals surface area contributed by atoms with E-state index in [1.807, 2.05) is 13.8 Å². The number of nitrogens with zero attached hydrogens (tertiary/aromatic N) is 1. The van der Waals surface area contributed by atoms with E-state index in [1.54, 1.807) is 76.2 Å². The molecular formula is C31H31Cl2NO6. The van der Waals surface area contributed by atoms with Gasteiger partial charge in [-0.05, 0) is 81.5 Å². The number of ketones is 1. The molecule has 40 heavy (non-hydrogen) atoms. The zero-order valence-corrected chi connectivity index (χ0v) is 24.8. The highest BCUT2D eigenvalue weighted by Gasteiger charge is 2.55. The summed E-state index contributed by atoms with van der Waals surface area (Å²) < 4.78 is 11.4. The first-order valence-corrected chi connectivity index (χ1v) is 13.8. The molecule has 2 aliphatic rings. The maximum atomic E-state index is 14.2. The number of rotatable bonds is 7. The van der Waals surface area contributed by atoms with Crippen LogP contribution in [0.2, 0.25) is 10.0 Å². The summed E-state index contributed by atoms with van der Waals surface area (Å²) in [4.78, 5) is 56.3. The van der Waals surface area contributed by atoms with E-state index in [1.165, 1.54) is 0 Å². The third-order valence-electron chi connectivity index (χ3n) is 7.33. The molecule has 2 amide bonds. The van der Waals surface area contributed by atoms with Gasteiger partial charge in [-0.1, -0.05) is 61.3 Å². The molecule has 0 aromatic heterocycles. The van der Waals surface area contributed by atoms with Gasteiger partial charge in [-0.3, -0.25) is 14.4 Å². The van der Waals surface area contributed by atoms with Crippen molar-refractivity contribution in [3.63, 3.8) is 0 Å². The van der Waals surface area contributed by atoms with E-state index in [9.17, 15) is 19.2 Å². The van der Waals surface area contributed by atoms with Crippen LogP contribution in [0.3, 0.4) is 0 Å². The lowest BCUT2D eigenvalue weighted by Gasteiger charge is -2.28.